The molecule has 0 spiro atoms. The zero-order valence-corrected chi connectivity index (χ0v) is 12.9. The van der Waals surface area contributed by atoms with Crippen LogP contribution >= 0.6 is 22.9 Å². The Kier molecular flexibility index (Phi) is 4.03. The van der Waals surface area contributed by atoms with Gasteiger partial charge in [0.05, 0.1) is 14.7 Å². The van der Waals surface area contributed by atoms with Crippen LogP contribution in [0.4, 0.5) is 10.2 Å². The second-order valence-corrected chi connectivity index (χ2v) is 6.30. The Morgan fingerprint density at radius 1 is 1.24 bits per heavy atom. The SMILES string of the molecule is CCCNc1nc(-c2ccc(Cl)s2)nc2ccc(F)cc12. The number of anilines is 1. The number of benzene rings is 1. The molecule has 108 valence electrons. The molecule has 1 aromatic carbocycles. The molecule has 0 fully saturated rings. The average Bonchev–Trinajstić information content (AvgIpc) is 2.91. The van der Waals surface area contributed by atoms with E-state index in [0.717, 1.165) is 17.8 Å². The Labute approximate surface area is 130 Å². The van der Waals surface area contributed by atoms with E-state index >= 15 is 0 Å². The monoisotopic (exact) mass is 321 g/mol. The predicted octanol–water partition coefficient (Wildman–Crippen LogP) is 4.97. The highest BCUT2D eigenvalue weighted by atomic mass is 35.5. The first kappa shape index (κ1) is 14.2. The topological polar surface area (TPSA) is 37.8 Å². The summed E-state index contributed by atoms with van der Waals surface area (Å²) in [5.74, 6) is 0.961. The highest BCUT2D eigenvalue weighted by Gasteiger charge is 2.11. The standard InChI is InChI=1S/C15H13ClFN3S/c1-2-7-18-14-10-8-9(17)3-4-11(10)19-15(20-14)12-5-6-13(16)21-12/h3-6,8H,2,7H2,1H3,(H,18,19,20). The lowest BCUT2D eigenvalue weighted by Gasteiger charge is -2.09. The first-order valence-electron chi connectivity index (χ1n) is 6.64. The molecule has 0 unspecified atom stereocenters. The predicted molar refractivity (Wildman–Crippen MR) is 86.6 cm³/mol. The molecule has 0 aliphatic carbocycles. The largest absolute Gasteiger partial charge is 0.369 e. The zero-order chi connectivity index (χ0) is 14.8. The molecular formula is C15H13ClFN3S. The Bertz CT molecular complexity index is 788. The lowest BCUT2D eigenvalue weighted by atomic mass is 10.2. The second kappa shape index (κ2) is 5.95. The van der Waals surface area contributed by atoms with Crippen molar-refractivity contribution in [1.29, 1.82) is 0 Å². The van der Waals surface area contributed by atoms with E-state index in [0.29, 0.717) is 26.9 Å². The lowest BCUT2D eigenvalue weighted by Crippen LogP contribution is -2.04. The number of hydrogen-bond acceptors (Lipinski definition) is 4. The lowest BCUT2D eigenvalue weighted by molar-refractivity contribution is 0.629. The zero-order valence-electron chi connectivity index (χ0n) is 11.4. The molecule has 3 rings (SSSR count). The number of fused-ring (bicyclic) bond motifs is 1. The van der Waals surface area contributed by atoms with E-state index in [9.17, 15) is 4.39 Å². The molecule has 21 heavy (non-hydrogen) atoms. The van der Waals surface area contributed by atoms with Crippen molar-refractivity contribution >= 4 is 39.7 Å². The maximum atomic E-state index is 13.5. The minimum Gasteiger partial charge on any atom is -0.369 e. The van der Waals surface area contributed by atoms with Crippen LogP contribution in [0, 0.1) is 5.82 Å². The number of aromatic nitrogens is 2. The van der Waals surface area contributed by atoms with Crippen molar-refractivity contribution in [3.8, 4) is 10.7 Å². The highest BCUT2D eigenvalue weighted by Crippen LogP contribution is 2.31. The fourth-order valence-corrected chi connectivity index (χ4v) is 3.00. The summed E-state index contributed by atoms with van der Waals surface area (Å²) < 4.78 is 14.2. The van der Waals surface area contributed by atoms with E-state index in [1.165, 1.54) is 23.5 Å². The van der Waals surface area contributed by atoms with Crippen LogP contribution in [-0.2, 0) is 0 Å². The first-order valence-corrected chi connectivity index (χ1v) is 7.83. The number of thiophene rings is 1. The summed E-state index contributed by atoms with van der Waals surface area (Å²) in [5.41, 5.74) is 0.713. The molecule has 0 atom stereocenters. The number of rotatable bonds is 4. The molecule has 0 radical (unpaired) electrons. The third-order valence-electron chi connectivity index (χ3n) is 2.99. The number of hydrogen-bond donors (Lipinski definition) is 1. The normalized spacial score (nSPS) is 11.0. The van der Waals surface area contributed by atoms with Crippen LogP contribution in [0.5, 0.6) is 0 Å². The van der Waals surface area contributed by atoms with Crippen molar-refractivity contribution in [2.75, 3.05) is 11.9 Å². The van der Waals surface area contributed by atoms with Crippen LogP contribution in [0.25, 0.3) is 21.6 Å². The molecule has 6 heteroatoms. The highest BCUT2D eigenvalue weighted by molar-refractivity contribution is 7.19. The van der Waals surface area contributed by atoms with Crippen LogP contribution < -0.4 is 5.32 Å². The Morgan fingerprint density at radius 2 is 2.10 bits per heavy atom. The maximum Gasteiger partial charge on any atom is 0.172 e. The van der Waals surface area contributed by atoms with Crippen molar-refractivity contribution in [3.63, 3.8) is 0 Å². The van der Waals surface area contributed by atoms with Gasteiger partial charge in [0, 0.05) is 11.9 Å². The van der Waals surface area contributed by atoms with E-state index in [4.69, 9.17) is 11.6 Å². The van der Waals surface area contributed by atoms with Gasteiger partial charge in [-0.3, -0.25) is 0 Å². The summed E-state index contributed by atoms with van der Waals surface area (Å²) in [4.78, 5) is 9.92. The molecule has 1 N–H and O–H groups in total. The van der Waals surface area contributed by atoms with Crippen molar-refractivity contribution < 1.29 is 4.39 Å². The van der Waals surface area contributed by atoms with Gasteiger partial charge >= 0.3 is 0 Å². The Morgan fingerprint density at radius 3 is 2.81 bits per heavy atom. The smallest absolute Gasteiger partial charge is 0.172 e. The summed E-state index contributed by atoms with van der Waals surface area (Å²) in [6.45, 7) is 2.84. The van der Waals surface area contributed by atoms with E-state index in [-0.39, 0.29) is 5.82 Å². The second-order valence-electron chi connectivity index (χ2n) is 4.59. The van der Waals surface area contributed by atoms with Gasteiger partial charge in [-0.2, -0.15) is 0 Å². The molecule has 0 amide bonds. The van der Waals surface area contributed by atoms with E-state index in [2.05, 4.69) is 22.2 Å². The number of halogens is 2. The minimum absolute atomic E-state index is 0.294. The first-order chi connectivity index (χ1) is 10.2. The van der Waals surface area contributed by atoms with Gasteiger partial charge in [-0.05, 0) is 36.8 Å². The summed E-state index contributed by atoms with van der Waals surface area (Å²) in [7, 11) is 0. The molecular weight excluding hydrogens is 309 g/mol. The summed E-state index contributed by atoms with van der Waals surface area (Å²) >= 11 is 7.39. The van der Waals surface area contributed by atoms with Gasteiger partial charge in [-0.15, -0.1) is 11.3 Å². The maximum absolute atomic E-state index is 13.5. The molecule has 2 heterocycles. The molecule has 0 saturated carbocycles. The van der Waals surface area contributed by atoms with Crippen molar-refractivity contribution in [2.45, 2.75) is 13.3 Å². The van der Waals surface area contributed by atoms with Gasteiger partial charge in [0.2, 0.25) is 0 Å². The summed E-state index contributed by atoms with van der Waals surface area (Å²) in [6, 6.07) is 8.24. The fourth-order valence-electron chi connectivity index (χ4n) is 2.02. The fraction of sp³-hybridized carbons (Fsp3) is 0.200. The van der Waals surface area contributed by atoms with Crippen molar-refractivity contribution in [1.82, 2.24) is 9.97 Å². The van der Waals surface area contributed by atoms with Gasteiger partial charge in [-0.1, -0.05) is 18.5 Å². The van der Waals surface area contributed by atoms with Crippen molar-refractivity contribution in [2.24, 2.45) is 0 Å². The molecule has 2 aromatic heterocycles. The van der Waals surface area contributed by atoms with E-state index in [1.807, 2.05) is 12.1 Å². The van der Waals surface area contributed by atoms with Crippen LogP contribution in [-0.4, -0.2) is 16.5 Å². The molecule has 0 aliphatic rings. The number of nitrogens with one attached hydrogen (secondary N) is 1. The van der Waals surface area contributed by atoms with Crippen LogP contribution in [0.1, 0.15) is 13.3 Å². The van der Waals surface area contributed by atoms with Crippen LogP contribution in [0.2, 0.25) is 4.34 Å². The third-order valence-corrected chi connectivity index (χ3v) is 4.22. The van der Waals surface area contributed by atoms with Crippen molar-refractivity contribution in [3.05, 3.63) is 40.5 Å². The van der Waals surface area contributed by atoms with E-state index in [1.54, 1.807) is 6.07 Å². The van der Waals surface area contributed by atoms with Gasteiger partial charge in [0.25, 0.3) is 0 Å². The molecule has 0 saturated heterocycles. The quantitative estimate of drug-likeness (QED) is 0.737. The minimum atomic E-state index is -0.294. The molecule has 3 aromatic rings. The Balaban J connectivity index is 2.16. The van der Waals surface area contributed by atoms with Gasteiger partial charge < -0.3 is 5.32 Å². The molecule has 0 aliphatic heterocycles. The van der Waals surface area contributed by atoms with Gasteiger partial charge in [0.1, 0.15) is 11.6 Å². The summed E-state index contributed by atoms with van der Waals surface area (Å²) in [5, 5.41) is 3.93. The van der Waals surface area contributed by atoms with Crippen LogP contribution in [0.3, 0.4) is 0 Å². The summed E-state index contributed by atoms with van der Waals surface area (Å²) in [6.07, 6.45) is 0.959. The number of nitrogens with zero attached hydrogens (tertiary/aromatic N) is 2. The van der Waals surface area contributed by atoms with Gasteiger partial charge in [0.15, 0.2) is 5.82 Å². The van der Waals surface area contributed by atoms with Gasteiger partial charge in [-0.25, -0.2) is 14.4 Å². The molecule has 3 nitrogen and oxygen atoms in total. The Hall–Kier alpha value is -1.72. The van der Waals surface area contributed by atoms with E-state index < -0.39 is 0 Å². The average molecular weight is 322 g/mol. The van der Waals surface area contributed by atoms with Crippen LogP contribution in [0.15, 0.2) is 30.3 Å². The molecule has 0 bridgehead atoms. The third kappa shape index (κ3) is 2.99.